The van der Waals surface area contributed by atoms with Crippen molar-refractivity contribution in [2.45, 2.75) is 13.0 Å². The number of nitrogens with one attached hydrogen (secondary N) is 2. The minimum atomic E-state index is 0. The Hall–Kier alpha value is -1.50. The number of piperazine rings is 1. The number of anilines is 1. The van der Waals surface area contributed by atoms with E-state index in [9.17, 15) is 4.79 Å². The number of carbonyl (C=O) groups excluding carboxylic acids is 1. The summed E-state index contributed by atoms with van der Waals surface area (Å²) in [6.07, 6.45) is 0. The standard InChI is InChI=1S/C14H20N4O2.ClH/c1-10-7-11(3-4-13(10)20-2)18-14(19)17-6-5-15-8-12(17)9-16-18;/h3-4,7,12,15-16H,5-6,8-9H2,1-2H3;1H/t12-;/m0./s1. The Balaban J connectivity index is 0.00000161. The Morgan fingerprint density at radius 3 is 2.86 bits per heavy atom. The second-order valence-electron chi connectivity index (χ2n) is 5.19. The molecule has 1 atom stereocenters. The molecular formula is C14H21ClN4O2. The van der Waals surface area contributed by atoms with Crippen molar-refractivity contribution in [3.05, 3.63) is 23.8 Å². The quantitative estimate of drug-likeness (QED) is 0.860. The molecule has 2 heterocycles. The highest BCUT2D eigenvalue weighted by Crippen LogP contribution is 2.25. The summed E-state index contributed by atoms with van der Waals surface area (Å²) in [6.45, 7) is 5.22. The smallest absolute Gasteiger partial charge is 0.339 e. The van der Waals surface area contributed by atoms with Crippen LogP contribution in [0.2, 0.25) is 0 Å². The molecule has 3 rings (SSSR count). The Kier molecular flexibility index (Phi) is 4.92. The van der Waals surface area contributed by atoms with E-state index in [1.165, 1.54) is 0 Å². The van der Waals surface area contributed by atoms with Gasteiger partial charge in [0.15, 0.2) is 0 Å². The minimum Gasteiger partial charge on any atom is -0.496 e. The molecule has 0 aliphatic carbocycles. The molecule has 2 saturated heterocycles. The summed E-state index contributed by atoms with van der Waals surface area (Å²) >= 11 is 0. The zero-order chi connectivity index (χ0) is 14.1. The van der Waals surface area contributed by atoms with Crippen molar-refractivity contribution in [3.8, 4) is 5.75 Å². The van der Waals surface area contributed by atoms with E-state index in [0.29, 0.717) is 0 Å². The number of hydrazine groups is 1. The van der Waals surface area contributed by atoms with Gasteiger partial charge in [-0.1, -0.05) is 0 Å². The molecule has 0 radical (unpaired) electrons. The molecule has 0 saturated carbocycles. The molecule has 2 aliphatic rings. The monoisotopic (exact) mass is 312 g/mol. The van der Waals surface area contributed by atoms with Gasteiger partial charge in [0, 0.05) is 26.2 Å². The predicted octanol–water partition coefficient (Wildman–Crippen LogP) is 1.14. The van der Waals surface area contributed by atoms with Crippen LogP contribution in [-0.4, -0.2) is 50.3 Å². The van der Waals surface area contributed by atoms with Crippen molar-refractivity contribution in [2.75, 3.05) is 38.3 Å². The number of carbonyl (C=O) groups is 1. The van der Waals surface area contributed by atoms with Crippen LogP contribution >= 0.6 is 12.4 Å². The van der Waals surface area contributed by atoms with Crippen molar-refractivity contribution < 1.29 is 9.53 Å². The van der Waals surface area contributed by atoms with E-state index in [-0.39, 0.29) is 24.5 Å². The molecule has 0 unspecified atom stereocenters. The lowest BCUT2D eigenvalue weighted by Crippen LogP contribution is -2.68. The average molecular weight is 313 g/mol. The highest BCUT2D eigenvalue weighted by Gasteiger charge is 2.35. The van der Waals surface area contributed by atoms with Gasteiger partial charge in [-0.3, -0.25) is 0 Å². The van der Waals surface area contributed by atoms with Crippen molar-refractivity contribution in [3.63, 3.8) is 0 Å². The Morgan fingerprint density at radius 1 is 1.33 bits per heavy atom. The van der Waals surface area contributed by atoms with Crippen LogP contribution < -0.4 is 20.5 Å². The molecule has 1 aromatic carbocycles. The maximum absolute atomic E-state index is 12.6. The summed E-state index contributed by atoms with van der Waals surface area (Å²) in [5.74, 6) is 0.832. The van der Waals surface area contributed by atoms with E-state index in [1.807, 2.05) is 30.0 Å². The summed E-state index contributed by atoms with van der Waals surface area (Å²) in [4.78, 5) is 14.5. The number of methoxy groups -OCH3 is 1. The van der Waals surface area contributed by atoms with Crippen molar-refractivity contribution in [2.24, 2.45) is 0 Å². The minimum absolute atomic E-state index is 0. The van der Waals surface area contributed by atoms with Crippen LogP contribution in [0.3, 0.4) is 0 Å². The highest BCUT2D eigenvalue weighted by atomic mass is 35.5. The lowest BCUT2D eigenvalue weighted by molar-refractivity contribution is 0.143. The fourth-order valence-electron chi connectivity index (χ4n) is 2.79. The van der Waals surface area contributed by atoms with E-state index >= 15 is 0 Å². The molecule has 21 heavy (non-hydrogen) atoms. The van der Waals surface area contributed by atoms with Crippen LogP contribution in [0.1, 0.15) is 5.56 Å². The summed E-state index contributed by atoms with van der Waals surface area (Å²) in [6, 6.07) is 6.02. The number of fused-ring (bicyclic) bond motifs is 1. The first kappa shape index (κ1) is 15.9. The van der Waals surface area contributed by atoms with E-state index in [4.69, 9.17) is 4.74 Å². The van der Waals surface area contributed by atoms with Gasteiger partial charge >= 0.3 is 6.03 Å². The van der Waals surface area contributed by atoms with E-state index in [0.717, 1.165) is 43.2 Å². The van der Waals surface area contributed by atoms with Gasteiger partial charge in [0.2, 0.25) is 0 Å². The number of aryl methyl sites for hydroxylation is 1. The lowest BCUT2D eigenvalue weighted by Gasteiger charge is -2.44. The number of rotatable bonds is 2. The third-order valence-electron chi connectivity index (χ3n) is 3.91. The zero-order valence-electron chi connectivity index (χ0n) is 12.3. The molecule has 7 heteroatoms. The molecule has 2 aliphatic heterocycles. The Labute approximate surface area is 130 Å². The highest BCUT2D eigenvalue weighted by molar-refractivity contribution is 5.92. The van der Waals surface area contributed by atoms with Crippen LogP contribution in [0.4, 0.5) is 10.5 Å². The molecular weight excluding hydrogens is 292 g/mol. The van der Waals surface area contributed by atoms with Crippen LogP contribution in [0.15, 0.2) is 18.2 Å². The molecule has 0 aromatic heterocycles. The summed E-state index contributed by atoms with van der Waals surface area (Å²) < 4.78 is 5.26. The maximum atomic E-state index is 12.6. The molecule has 1 aromatic rings. The first-order valence-corrected chi connectivity index (χ1v) is 6.90. The van der Waals surface area contributed by atoms with E-state index < -0.39 is 0 Å². The topological polar surface area (TPSA) is 56.8 Å². The van der Waals surface area contributed by atoms with Crippen LogP contribution in [0.25, 0.3) is 0 Å². The van der Waals surface area contributed by atoms with Gasteiger partial charge in [-0.05, 0) is 30.7 Å². The predicted molar refractivity (Wildman–Crippen MR) is 84.2 cm³/mol. The third kappa shape index (κ3) is 2.92. The fourth-order valence-corrected chi connectivity index (χ4v) is 2.79. The third-order valence-corrected chi connectivity index (χ3v) is 3.91. The molecule has 6 nitrogen and oxygen atoms in total. The number of amides is 2. The molecule has 2 N–H and O–H groups in total. The number of nitrogens with zero attached hydrogens (tertiary/aromatic N) is 2. The SMILES string of the molecule is COc1ccc(N2NC[C@@H]3CNCCN3C2=O)cc1C.Cl. The lowest BCUT2D eigenvalue weighted by atomic mass is 10.1. The largest absolute Gasteiger partial charge is 0.496 e. The number of hydrogen-bond acceptors (Lipinski definition) is 4. The number of benzene rings is 1. The second kappa shape index (κ2) is 6.51. The van der Waals surface area contributed by atoms with Crippen LogP contribution in [-0.2, 0) is 0 Å². The van der Waals surface area contributed by atoms with Gasteiger partial charge < -0.3 is 15.0 Å². The Morgan fingerprint density at radius 2 is 2.14 bits per heavy atom. The zero-order valence-corrected chi connectivity index (χ0v) is 13.1. The Bertz CT molecular complexity index is 526. The van der Waals surface area contributed by atoms with E-state index in [1.54, 1.807) is 12.1 Å². The number of hydrogen-bond donors (Lipinski definition) is 2. The summed E-state index contributed by atoms with van der Waals surface area (Å²) in [5, 5.41) is 4.95. The van der Waals surface area contributed by atoms with Crippen molar-refractivity contribution in [1.29, 1.82) is 0 Å². The first-order valence-electron chi connectivity index (χ1n) is 6.90. The van der Waals surface area contributed by atoms with Gasteiger partial charge in [0.25, 0.3) is 0 Å². The maximum Gasteiger partial charge on any atom is 0.339 e. The van der Waals surface area contributed by atoms with Crippen molar-refractivity contribution >= 4 is 24.1 Å². The normalized spacial score (nSPS) is 21.6. The second-order valence-corrected chi connectivity index (χ2v) is 5.19. The molecule has 0 bridgehead atoms. The molecule has 2 fully saturated rings. The van der Waals surface area contributed by atoms with E-state index in [2.05, 4.69) is 10.7 Å². The first-order chi connectivity index (χ1) is 9.70. The summed E-state index contributed by atoms with van der Waals surface area (Å²) in [7, 11) is 1.65. The summed E-state index contributed by atoms with van der Waals surface area (Å²) in [5.41, 5.74) is 5.08. The van der Waals surface area contributed by atoms with Gasteiger partial charge in [0.1, 0.15) is 5.75 Å². The molecule has 0 spiro atoms. The average Bonchev–Trinajstić information content (AvgIpc) is 2.48. The fraction of sp³-hybridized carbons (Fsp3) is 0.500. The van der Waals surface area contributed by atoms with Crippen LogP contribution in [0, 0.1) is 6.92 Å². The molecule has 116 valence electrons. The van der Waals surface area contributed by atoms with Crippen molar-refractivity contribution in [1.82, 2.24) is 15.6 Å². The van der Waals surface area contributed by atoms with Gasteiger partial charge in [0.05, 0.1) is 18.8 Å². The number of urea groups is 1. The van der Waals surface area contributed by atoms with Gasteiger partial charge in [-0.15, -0.1) is 12.4 Å². The number of halogens is 1. The van der Waals surface area contributed by atoms with Gasteiger partial charge in [-0.25, -0.2) is 15.2 Å². The molecule has 2 amide bonds. The van der Waals surface area contributed by atoms with Gasteiger partial charge in [-0.2, -0.15) is 0 Å². The number of ether oxygens (including phenoxy) is 1. The van der Waals surface area contributed by atoms with Crippen LogP contribution in [0.5, 0.6) is 5.75 Å².